The Bertz CT molecular complexity index is 970. The second kappa shape index (κ2) is 7.84. The molecular formula is C20H23N5O3. The van der Waals surface area contributed by atoms with Gasteiger partial charge in [-0.2, -0.15) is 5.10 Å². The molecule has 1 unspecified atom stereocenters. The normalized spacial score (nSPS) is 16.9. The zero-order valence-corrected chi connectivity index (χ0v) is 16.0. The number of carbonyl (C=O) groups is 1. The Morgan fingerprint density at radius 3 is 2.71 bits per heavy atom. The number of hydrogen-bond acceptors (Lipinski definition) is 6. The Morgan fingerprint density at radius 1 is 1.18 bits per heavy atom. The lowest BCUT2D eigenvalue weighted by Gasteiger charge is -2.32. The molecule has 1 aromatic carbocycles. The molecule has 0 bridgehead atoms. The molecule has 3 heterocycles. The van der Waals surface area contributed by atoms with Crippen LogP contribution in [0.2, 0.25) is 0 Å². The molecule has 4 rings (SSSR count). The Morgan fingerprint density at radius 2 is 1.93 bits per heavy atom. The number of hydrogen-bond donors (Lipinski definition) is 0. The number of aromatic nitrogens is 4. The summed E-state index contributed by atoms with van der Waals surface area (Å²) in [5.74, 6) is 1.53. The van der Waals surface area contributed by atoms with Crippen molar-refractivity contribution >= 4 is 17.1 Å². The first-order valence-corrected chi connectivity index (χ1v) is 9.34. The van der Waals surface area contributed by atoms with Gasteiger partial charge >= 0.3 is 0 Å². The molecule has 3 aromatic rings. The van der Waals surface area contributed by atoms with Crippen molar-refractivity contribution in [2.75, 3.05) is 26.8 Å². The van der Waals surface area contributed by atoms with Crippen molar-refractivity contribution in [1.29, 1.82) is 0 Å². The first kappa shape index (κ1) is 18.2. The van der Waals surface area contributed by atoms with E-state index in [0.29, 0.717) is 12.3 Å². The van der Waals surface area contributed by atoms with Crippen LogP contribution in [0, 0.1) is 0 Å². The monoisotopic (exact) mass is 381 g/mol. The van der Waals surface area contributed by atoms with Gasteiger partial charge in [-0.3, -0.25) is 4.79 Å². The maximum Gasteiger partial charge on any atom is 0.260 e. The first-order valence-electron chi connectivity index (χ1n) is 9.34. The number of benzene rings is 1. The van der Waals surface area contributed by atoms with E-state index in [4.69, 9.17) is 9.47 Å². The molecule has 1 aliphatic rings. The summed E-state index contributed by atoms with van der Waals surface area (Å²) >= 11 is 0. The fourth-order valence-electron chi connectivity index (χ4n) is 3.61. The van der Waals surface area contributed by atoms with E-state index >= 15 is 0 Å². The number of likely N-dealkylation sites (tertiary alicyclic amines) is 1. The number of piperidine rings is 1. The van der Waals surface area contributed by atoms with Crippen LogP contribution in [0.25, 0.3) is 11.2 Å². The molecule has 1 atom stereocenters. The molecule has 2 aromatic heterocycles. The van der Waals surface area contributed by atoms with Crippen molar-refractivity contribution in [1.82, 2.24) is 24.6 Å². The number of amides is 1. The van der Waals surface area contributed by atoms with Gasteiger partial charge in [0.05, 0.1) is 12.8 Å². The molecule has 0 aliphatic carbocycles. The average Bonchev–Trinajstić information content (AvgIpc) is 3.09. The van der Waals surface area contributed by atoms with Crippen LogP contribution in [0.1, 0.15) is 24.5 Å². The zero-order valence-electron chi connectivity index (χ0n) is 16.0. The summed E-state index contributed by atoms with van der Waals surface area (Å²) in [5, 5.41) is 4.63. The van der Waals surface area contributed by atoms with Gasteiger partial charge in [-0.1, -0.05) is 0 Å². The predicted molar refractivity (Wildman–Crippen MR) is 103 cm³/mol. The smallest absolute Gasteiger partial charge is 0.260 e. The molecule has 1 aliphatic heterocycles. The van der Waals surface area contributed by atoms with Crippen molar-refractivity contribution < 1.29 is 14.3 Å². The Kier molecular flexibility index (Phi) is 5.10. The van der Waals surface area contributed by atoms with Gasteiger partial charge in [0.15, 0.2) is 12.3 Å². The second-order valence-electron chi connectivity index (χ2n) is 6.88. The van der Waals surface area contributed by atoms with Gasteiger partial charge in [-0.15, -0.1) is 0 Å². The highest BCUT2D eigenvalue weighted by atomic mass is 16.5. The van der Waals surface area contributed by atoms with Gasteiger partial charge in [0.1, 0.15) is 17.0 Å². The van der Waals surface area contributed by atoms with Crippen LogP contribution in [0.4, 0.5) is 0 Å². The lowest BCUT2D eigenvalue weighted by atomic mass is 9.94. The van der Waals surface area contributed by atoms with Gasteiger partial charge in [0, 0.05) is 38.4 Å². The van der Waals surface area contributed by atoms with Gasteiger partial charge in [-0.25, -0.2) is 14.6 Å². The third-order valence-electron chi connectivity index (χ3n) is 5.07. The minimum absolute atomic E-state index is 0.0157. The quantitative estimate of drug-likeness (QED) is 0.674. The minimum atomic E-state index is -0.0214. The Balaban J connectivity index is 1.42. The number of aryl methyl sites for hydroxylation is 1. The van der Waals surface area contributed by atoms with Gasteiger partial charge in [-0.05, 0) is 37.1 Å². The second-order valence-corrected chi connectivity index (χ2v) is 6.88. The van der Waals surface area contributed by atoms with Crippen LogP contribution in [0.15, 0.2) is 36.7 Å². The lowest BCUT2D eigenvalue weighted by molar-refractivity contribution is -0.134. The SMILES string of the molecule is COc1ccc(OCC(=O)N2CCCC(c3nn(C)c4nccnc34)C2)cc1. The van der Waals surface area contributed by atoms with Crippen LogP contribution in [0.5, 0.6) is 11.5 Å². The van der Waals surface area contributed by atoms with E-state index in [0.717, 1.165) is 42.0 Å². The molecule has 0 radical (unpaired) electrons. The first-order chi connectivity index (χ1) is 13.7. The summed E-state index contributed by atoms with van der Waals surface area (Å²) in [5.41, 5.74) is 2.50. The fourth-order valence-corrected chi connectivity index (χ4v) is 3.61. The summed E-state index contributed by atoms with van der Waals surface area (Å²) in [4.78, 5) is 23.3. The van der Waals surface area contributed by atoms with E-state index in [1.54, 1.807) is 36.3 Å². The van der Waals surface area contributed by atoms with Crippen LogP contribution >= 0.6 is 0 Å². The van der Waals surface area contributed by atoms with Gasteiger partial charge in [0.2, 0.25) is 0 Å². The van der Waals surface area contributed by atoms with E-state index in [1.165, 1.54) is 0 Å². The predicted octanol–water partition coefficient (Wildman–Crippen LogP) is 2.16. The standard InChI is InChI=1S/C20H23N5O3/c1-24-20-19(21-9-10-22-20)18(23-24)14-4-3-11-25(12-14)17(26)13-28-16-7-5-15(27-2)6-8-16/h5-10,14H,3-4,11-13H2,1-2H3. The number of methoxy groups -OCH3 is 1. The number of nitrogens with zero attached hydrogens (tertiary/aromatic N) is 5. The summed E-state index contributed by atoms with van der Waals surface area (Å²) < 4.78 is 12.5. The highest BCUT2D eigenvalue weighted by Gasteiger charge is 2.29. The van der Waals surface area contributed by atoms with Crippen molar-refractivity contribution in [3.05, 3.63) is 42.4 Å². The van der Waals surface area contributed by atoms with E-state index < -0.39 is 0 Å². The molecule has 1 saturated heterocycles. The van der Waals surface area contributed by atoms with E-state index in [-0.39, 0.29) is 18.4 Å². The van der Waals surface area contributed by atoms with Crippen LogP contribution < -0.4 is 9.47 Å². The molecule has 146 valence electrons. The van der Waals surface area contributed by atoms with Gasteiger partial charge < -0.3 is 14.4 Å². The minimum Gasteiger partial charge on any atom is -0.497 e. The van der Waals surface area contributed by atoms with Crippen molar-refractivity contribution in [2.45, 2.75) is 18.8 Å². The highest BCUT2D eigenvalue weighted by molar-refractivity contribution is 5.78. The van der Waals surface area contributed by atoms with E-state index in [1.807, 2.05) is 24.1 Å². The lowest BCUT2D eigenvalue weighted by Crippen LogP contribution is -2.41. The average molecular weight is 381 g/mol. The molecule has 0 N–H and O–H groups in total. The van der Waals surface area contributed by atoms with E-state index in [9.17, 15) is 4.79 Å². The number of rotatable bonds is 5. The number of fused-ring (bicyclic) bond motifs is 1. The highest BCUT2D eigenvalue weighted by Crippen LogP contribution is 2.29. The summed E-state index contributed by atoms with van der Waals surface area (Å²) in [6.45, 7) is 1.37. The zero-order chi connectivity index (χ0) is 19.5. The topological polar surface area (TPSA) is 82.4 Å². The molecular weight excluding hydrogens is 358 g/mol. The number of ether oxygens (including phenoxy) is 2. The third-order valence-corrected chi connectivity index (χ3v) is 5.07. The third kappa shape index (κ3) is 3.62. The summed E-state index contributed by atoms with van der Waals surface area (Å²) in [6, 6.07) is 7.21. The van der Waals surface area contributed by atoms with E-state index in [2.05, 4.69) is 15.1 Å². The molecule has 28 heavy (non-hydrogen) atoms. The molecule has 0 saturated carbocycles. The fraction of sp³-hybridized carbons (Fsp3) is 0.400. The number of carbonyl (C=O) groups excluding carboxylic acids is 1. The van der Waals surface area contributed by atoms with Crippen LogP contribution in [0.3, 0.4) is 0 Å². The molecule has 8 heteroatoms. The van der Waals surface area contributed by atoms with Crippen molar-refractivity contribution in [3.63, 3.8) is 0 Å². The maximum absolute atomic E-state index is 12.7. The Labute approximate surface area is 163 Å². The van der Waals surface area contributed by atoms with Gasteiger partial charge in [0.25, 0.3) is 5.91 Å². The van der Waals surface area contributed by atoms with Crippen molar-refractivity contribution in [3.8, 4) is 11.5 Å². The Hall–Kier alpha value is -3.16. The summed E-state index contributed by atoms with van der Waals surface area (Å²) in [6.07, 6.45) is 5.26. The van der Waals surface area contributed by atoms with Crippen LogP contribution in [-0.4, -0.2) is 57.4 Å². The largest absolute Gasteiger partial charge is 0.497 e. The maximum atomic E-state index is 12.7. The molecule has 1 fully saturated rings. The molecule has 8 nitrogen and oxygen atoms in total. The summed E-state index contributed by atoms with van der Waals surface area (Å²) in [7, 11) is 3.48. The molecule has 1 amide bonds. The van der Waals surface area contributed by atoms with Crippen molar-refractivity contribution in [2.24, 2.45) is 7.05 Å². The van der Waals surface area contributed by atoms with Crippen LogP contribution in [-0.2, 0) is 11.8 Å². The molecule has 0 spiro atoms.